The molecule has 15 heavy (non-hydrogen) atoms. The van der Waals surface area contributed by atoms with Gasteiger partial charge in [0.15, 0.2) is 0 Å². The lowest BCUT2D eigenvalue weighted by Crippen LogP contribution is -2.01. The molecule has 0 saturated carbocycles. The molecular formula is C12H13NO2. The van der Waals surface area contributed by atoms with Crippen LogP contribution in [0.25, 0.3) is 0 Å². The van der Waals surface area contributed by atoms with E-state index in [0.29, 0.717) is 18.6 Å². The van der Waals surface area contributed by atoms with E-state index in [0.717, 1.165) is 23.2 Å². The molecule has 0 amide bonds. The fourth-order valence-electron chi connectivity index (χ4n) is 1.45. The summed E-state index contributed by atoms with van der Waals surface area (Å²) in [5.41, 5.74) is 2.49. The molecule has 0 atom stereocenters. The molecule has 0 aliphatic rings. The molecule has 1 aromatic carbocycles. The van der Waals surface area contributed by atoms with Gasteiger partial charge < -0.3 is 9.53 Å². The van der Waals surface area contributed by atoms with Gasteiger partial charge in [0, 0.05) is 6.42 Å². The van der Waals surface area contributed by atoms with Crippen molar-refractivity contribution in [2.45, 2.75) is 20.3 Å². The maximum absolute atomic E-state index is 10.1. The quantitative estimate of drug-likeness (QED) is 0.556. The molecular weight excluding hydrogens is 190 g/mol. The Balaban J connectivity index is 2.89. The second-order valence-electron chi connectivity index (χ2n) is 3.35. The lowest BCUT2D eigenvalue weighted by atomic mass is 10.1. The van der Waals surface area contributed by atoms with E-state index in [9.17, 15) is 4.79 Å². The summed E-state index contributed by atoms with van der Waals surface area (Å²) in [4.78, 5) is 10.1. The first-order valence-electron chi connectivity index (χ1n) is 4.77. The highest BCUT2D eigenvalue weighted by molar-refractivity contribution is 5.50. The molecule has 0 bridgehead atoms. The first-order valence-corrected chi connectivity index (χ1v) is 4.77. The second-order valence-corrected chi connectivity index (χ2v) is 3.35. The molecule has 78 valence electrons. The summed E-state index contributed by atoms with van der Waals surface area (Å²) in [6.45, 7) is 4.17. The van der Waals surface area contributed by atoms with Crippen LogP contribution >= 0.6 is 0 Å². The molecule has 1 rings (SSSR count). The van der Waals surface area contributed by atoms with Crippen LogP contribution in [-0.2, 0) is 4.79 Å². The molecule has 0 aliphatic heterocycles. The van der Waals surface area contributed by atoms with E-state index in [-0.39, 0.29) is 0 Å². The number of aldehydes is 1. The second kappa shape index (κ2) is 5.16. The minimum Gasteiger partial charge on any atom is -0.493 e. The Morgan fingerprint density at radius 3 is 2.47 bits per heavy atom. The number of ether oxygens (including phenoxy) is 1. The minimum absolute atomic E-state index is 0.386. The van der Waals surface area contributed by atoms with Crippen LogP contribution in [0, 0.1) is 25.2 Å². The van der Waals surface area contributed by atoms with Crippen molar-refractivity contribution in [3.05, 3.63) is 28.8 Å². The number of nitriles is 1. The zero-order valence-electron chi connectivity index (χ0n) is 8.91. The molecule has 0 unspecified atom stereocenters. The van der Waals surface area contributed by atoms with Gasteiger partial charge >= 0.3 is 0 Å². The summed E-state index contributed by atoms with van der Waals surface area (Å²) in [7, 11) is 0. The van der Waals surface area contributed by atoms with Gasteiger partial charge in [-0.3, -0.25) is 0 Å². The van der Waals surface area contributed by atoms with Crippen LogP contribution in [-0.4, -0.2) is 12.9 Å². The van der Waals surface area contributed by atoms with E-state index in [4.69, 9.17) is 10.00 Å². The van der Waals surface area contributed by atoms with Gasteiger partial charge in [-0.25, -0.2) is 0 Å². The summed E-state index contributed by atoms with van der Waals surface area (Å²) in [6, 6.07) is 5.65. The van der Waals surface area contributed by atoms with Crippen molar-refractivity contribution in [2.24, 2.45) is 0 Å². The summed E-state index contributed by atoms with van der Waals surface area (Å²) >= 11 is 0. The topological polar surface area (TPSA) is 50.1 Å². The molecule has 1 aromatic rings. The molecule has 0 spiro atoms. The Morgan fingerprint density at radius 2 is 2.00 bits per heavy atom. The fraction of sp³-hybridized carbons (Fsp3) is 0.333. The van der Waals surface area contributed by atoms with Gasteiger partial charge in [0.1, 0.15) is 12.0 Å². The molecule has 3 heteroatoms. The van der Waals surface area contributed by atoms with Crippen LogP contribution in [0.1, 0.15) is 23.1 Å². The zero-order valence-corrected chi connectivity index (χ0v) is 8.91. The van der Waals surface area contributed by atoms with Crippen molar-refractivity contribution in [3.8, 4) is 11.8 Å². The Labute approximate surface area is 89.3 Å². The summed E-state index contributed by atoms with van der Waals surface area (Å²) in [6.07, 6.45) is 1.22. The standard InChI is InChI=1S/C12H13NO2/c1-9-6-11(8-13)7-10(2)12(9)15-5-3-4-14/h4,6-7H,3,5H2,1-2H3. The van der Waals surface area contributed by atoms with Crippen molar-refractivity contribution in [2.75, 3.05) is 6.61 Å². The van der Waals surface area contributed by atoms with Gasteiger partial charge in [-0.1, -0.05) is 0 Å². The predicted octanol–water partition coefficient (Wildman–Crippen LogP) is 2.14. The van der Waals surface area contributed by atoms with Crippen molar-refractivity contribution in [1.29, 1.82) is 5.26 Å². The van der Waals surface area contributed by atoms with E-state index < -0.39 is 0 Å². The number of rotatable bonds is 4. The lowest BCUT2D eigenvalue weighted by Gasteiger charge is -2.11. The summed E-state index contributed by atoms with van der Waals surface area (Å²) in [5, 5.41) is 8.75. The molecule has 0 N–H and O–H groups in total. The molecule has 0 aliphatic carbocycles. The highest BCUT2D eigenvalue weighted by Gasteiger charge is 2.05. The maximum Gasteiger partial charge on any atom is 0.125 e. The third kappa shape index (κ3) is 2.81. The zero-order chi connectivity index (χ0) is 11.3. The van der Waals surface area contributed by atoms with Crippen LogP contribution in [0.2, 0.25) is 0 Å². The highest BCUT2D eigenvalue weighted by Crippen LogP contribution is 2.24. The fourth-order valence-corrected chi connectivity index (χ4v) is 1.45. The average molecular weight is 203 g/mol. The number of benzene rings is 1. The van der Waals surface area contributed by atoms with Gasteiger partial charge in [-0.05, 0) is 37.1 Å². The Bertz CT molecular complexity index is 382. The van der Waals surface area contributed by atoms with Gasteiger partial charge in [-0.15, -0.1) is 0 Å². The number of carbonyl (C=O) groups is 1. The van der Waals surface area contributed by atoms with Gasteiger partial charge in [-0.2, -0.15) is 5.26 Å². The number of aryl methyl sites for hydroxylation is 2. The van der Waals surface area contributed by atoms with Crippen LogP contribution in [0.4, 0.5) is 0 Å². The van der Waals surface area contributed by atoms with Crippen molar-refractivity contribution >= 4 is 6.29 Å². The van der Waals surface area contributed by atoms with Gasteiger partial charge in [0.05, 0.1) is 18.2 Å². The molecule has 3 nitrogen and oxygen atoms in total. The van der Waals surface area contributed by atoms with E-state index in [1.807, 2.05) is 13.8 Å². The van der Waals surface area contributed by atoms with Crippen molar-refractivity contribution < 1.29 is 9.53 Å². The number of carbonyl (C=O) groups excluding carboxylic acids is 1. The molecule has 0 heterocycles. The molecule has 0 aromatic heterocycles. The Kier molecular flexibility index (Phi) is 3.87. The first kappa shape index (κ1) is 11.3. The van der Waals surface area contributed by atoms with E-state index in [1.54, 1.807) is 12.1 Å². The van der Waals surface area contributed by atoms with Crippen molar-refractivity contribution in [3.63, 3.8) is 0 Å². The molecule has 0 saturated heterocycles. The number of nitrogens with zero attached hydrogens (tertiary/aromatic N) is 1. The van der Waals surface area contributed by atoms with E-state index >= 15 is 0 Å². The van der Waals surface area contributed by atoms with Crippen LogP contribution in [0.15, 0.2) is 12.1 Å². The van der Waals surface area contributed by atoms with Crippen LogP contribution < -0.4 is 4.74 Å². The third-order valence-corrected chi connectivity index (χ3v) is 2.07. The first-order chi connectivity index (χ1) is 7.19. The molecule has 0 fully saturated rings. The Hall–Kier alpha value is -1.82. The molecule has 0 radical (unpaired) electrons. The monoisotopic (exact) mass is 203 g/mol. The highest BCUT2D eigenvalue weighted by atomic mass is 16.5. The van der Waals surface area contributed by atoms with Gasteiger partial charge in [0.2, 0.25) is 0 Å². The normalized spacial score (nSPS) is 9.40. The van der Waals surface area contributed by atoms with Gasteiger partial charge in [0.25, 0.3) is 0 Å². The predicted molar refractivity (Wildman–Crippen MR) is 56.8 cm³/mol. The summed E-state index contributed by atoms with van der Waals surface area (Å²) < 4.78 is 5.47. The van der Waals surface area contributed by atoms with E-state index in [2.05, 4.69) is 6.07 Å². The number of hydrogen-bond acceptors (Lipinski definition) is 3. The van der Waals surface area contributed by atoms with E-state index in [1.165, 1.54) is 0 Å². The smallest absolute Gasteiger partial charge is 0.125 e. The SMILES string of the molecule is Cc1cc(C#N)cc(C)c1OCCC=O. The minimum atomic E-state index is 0.386. The summed E-state index contributed by atoms with van der Waals surface area (Å²) in [5.74, 6) is 0.774. The Morgan fingerprint density at radius 1 is 1.40 bits per heavy atom. The lowest BCUT2D eigenvalue weighted by molar-refractivity contribution is -0.108. The average Bonchev–Trinajstić information content (AvgIpc) is 2.22. The van der Waals surface area contributed by atoms with Crippen LogP contribution in [0.3, 0.4) is 0 Å². The maximum atomic E-state index is 10.1. The number of hydrogen-bond donors (Lipinski definition) is 0. The van der Waals surface area contributed by atoms with Crippen LogP contribution in [0.5, 0.6) is 5.75 Å². The largest absolute Gasteiger partial charge is 0.493 e. The van der Waals surface area contributed by atoms with Crippen molar-refractivity contribution in [1.82, 2.24) is 0 Å². The third-order valence-electron chi connectivity index (χ3n) is 2.07.